The summed E-state index contributed by atoms with van der Waals surface area (Å²) in [6, 6.07) is 10.6. The third kappa shape index (κ3) is 2.47. The van der Waals surface area contributed by atoms with Gasteiger partial charge in [-0.05, 0) is 37.5 Å². The maximum atomic E-state index is 14.7. The molecule has 3 aliphatic rings. The fraction of sp³-hybridized carbons (Fsp3) is 0.318. The molecule has 1 aliphatic carbocycles. The molecule has 3 heterocycles. The molecule has 5 rings (SSSR count). The van der Waals surface area contributed by atoms with E-state index < -0.39 is 17.8 Å². The summed E-state index contributed by atoms with van der Waals surface area (Å²) in [6.45, 7) is 0. The third-order valence-corrected chi connectivity index (χ3v) is 5.86. The zero-order valence-electron chi connectivity index (χ0n) is 15.2. The lowest BCUT2D eigenvalue weighted by Gasteiger charge is -2.35. The lowest BCUT2D eigenvalue weighted by Crippen LogP contribution is -2.39. The first kappa shape index (κ1) is 17.1. The standard InChI is InChI=1S/C22H19FN2O3/c23-15-9-3-1-7-13(15)19-18-20(26)14-8-2-4-10-16(14)28-21(18)22(27)25(19)17-11-5-6-12-24-17/h1,3,5-7,9,11-12,14,16,19H,2,4,8,10H2. The van der Waals surface area contributed by atoms with Crippen molar-refractivity contribution in [2.45, 2.75) is 37.8 Å². The Morgan fingerprint density at radius 3 is 2.61 bits per heavy atom. The van der Waals surface area contributed by atoms with Crippen LogP contribution in [-0.2, 0) is 14.3 Å². The van der Waals surface area contributed by atoms with Gasteiger partial charge in [-0.1, -0.05) is 30.7 Å². The number of pyridine rings is 1. The van der Waals surface area contributed by atoms with Crippen LogP contribution in [0.2, 0.25) is 0 Å². The predicted molar refractivity (Wildman–Crippen MR) is 99.7 cm³/mol. The summed E-state index contributed by atoms with van der Waals surface area (Å²) in [7, 11) is 0. The second-order valence-electron chi connectivity index (χ2n) is 7.44. The Balaban J connectivity index is 1.69. The first-order chi connectivity index (χ1) is 13.7. The summed E-state index contributed by atoms with van der Waals surface area (Å²) >= 11 is 0. The molecule has 1 aromatic heterocycles. The molecule has 5 nitrogen and oxygen atoms in total. The molecule has 1 amide bonds. The van der Waals surface area contributed by atoms with Crippen molar-refractivity contribution in [2.75, 3.05) is 4.90 Å². The number of halogens is 1. The minimum atomic E-state index is -0.867. The fourth-order valence-corrected chi connectivity index (χ4v) is 4.57. The summed E-state index contributed by atoms with van der Waals surface area (Å²) in [5.41, 5.74) is 0.543. The first-order valence-corrected chi connectivity index (χ1v) is 9.61. The number of ketones is 1. The number of benzene rings is 1. The van der Waals surface area contributed by atoms with Gasteiger partial charge in [-0.2, -0.15) is 0 Å². The molecule has 1 aromatic carbocycles. The van der Waals surface area contributed by atoms with Crippen LogP contribution in [0.3, 0.4) is 0 Å². The van der Waals surface area contributed by atoms with Crippen molar-refractivity contribution >= 4 is 17.5 Å². The second kappa shape index (κ2) is 6.55. The van der Waals surface area contributed by atoms with Crippen LogP contribution >= 0.6 is 0 Å². The number of nitrogens with zero attached hydrogens (tertiary/aromatic N) is 2. The third-order valence-electron chi connectivity index (χ3n) is 5.86. The van der Waals surface area contributed by atoms with Crippen molar-refractivity contribution in [3.63, 3.8) is 0 Å². The summed E-state index contributed by atoms with van der Waals surface area (Å²) in [5.74, 6) is -0.821. The van der Waals surface area contributed by atoms with Crippen molar-refractivity contribution in [1.82, 2.24) is 4.98 Å². The Hall–Kier alpha value is -3.02. The topological polar surface area (TPSA) is 59.5 Å². The molecule has 28 heavy (non-hydrogen) atoms. The minimum Gasteiger partial charge on any atom is -0.483 e. The number of amides is 1. The number of Topliss-reactive ketones (excluding diaryl/α,β-unsaturated/α-hetero) is 1. The van der Waals surface area contributed by atoms with Gasteiger partial charge in [-0.25, -0.2) is 9.37 Å². The lowest BCUT2D eigenvalue weighted by molar-refractivity contribution is -0.131. The number of hydrogen-bond donors (Lipinski definition) is 0. The molecule has 2 aliphatic heterocycles. The van der Waals surface area contributed by atoms with E-state index in [2.05, 4.69) is 4.98 Å². The van der Waals surface area contributed by atoms with E-state index in [1.54, 1.807) is 42.6 Å². The molecule has 0 bridgehead atoms. The van der Waals surface area contributed by atoms with E-state index in [1.807, 2.05) is 0 Å². The van der Waals surface area contributed by atoms with Crippen LogP contribution in [0.25, 0.3) is 0 Å². The van der Waals surface area contributed by atoms with Gasteiger partial charge in [0.05, 0.1) is 17.5 Å². The quantitative estimate of drug-likeness (QED) is 0.799. The highest BCUT2D eigenvalue weighted by molar-refractivity contribution is 6.17. The van der Waals surface area contributed by atoms with Crippen molar-refractivity contribution in [2.24, 2.45) is 5.92 Å². The molecule has 1 fully saturated rings. The largest absolute Gasteiger partial charge is 0.483 e. The number of rotatable bonds is 2. The van der Waals surface area contributed by atoms with Gasteiger partial charge in [0, 0.05) is 11.8 Å². The second-order valence-corrected chi connectivity index (χ2v) is 7.44. The van der Waals surface area contributed by atoms with Gasteiger partial charge in [-0.3, -0.25) is 14.5 Å². The highest BCUT2D eigenvalue weighted by Gasteiger charge is 2.53. The fourth-order valence-electron chi connectivity index (χ4n) is 4.57. The van der Waals surface area contributed by atoms with E-state index in [9.17, 15) is 14.0 Å². The summed E-state index contributed by atoms with van der Waals surface area (Å²) in [5, 5.41) is 0. The summed E-state index contributed by atoms with van der Waals surface area (Å²) in [4.78, 5) is 32.3. The van der Waals surface area contributed by atoms with Gasteiger partial charge in [0.2, 0.25) is 0 Å². The number of carbonyl (C=O) groups is 2. The van der Waals surface area contributed by atoms with Gasteiger partial charge < -0.3 is 4.74 Å². The average molecular weight is 378 g/mol. The number of ether oxygens (including phenoxy) is 1. The predicted octanol–water partition coefficient (Wildman–Crippen LogP) is 3.72. The van der Waals surface area contributed by atoms with Crippen molar-refractivity contribution in [1.29, 1.82) is 0 Å². The van der Waals surface area contributed by atoms with Crippen molar-refractivity contribution in [3.8, 4) is 0 Å². The van der Waals surface area contributed by atoms with Crippen LogP contribution in [0.1, 0.15) is 37.3 Å². The van der Waals surface area contributed by atoms with E-state index in [-0.39, 0.29) is 34.7 Å². The van der Waals surface area contributed by atoms with Gasteiger partial charge in [-0.15, -0.1) is 0 Å². The molecule has 2 aromatic rings. The Kier molecular flexibility index (Phi) is 4.00. The molecule has 3 unspecified atom stereocenters. The summed E-state index contributed by atoms with van der Waals surface area (Å²) < 4.78 is 20.8. The van der Waals surface area contributed by atoms with Crippen molar-refractivity contribution < 1.29 is 18.7 Å². The molecule has 3 atom stereocenters. The number of anilines is 1. The van der Waals surface area contributed by atoms with E-state index in [0.29, 0.717) is 5.82 Å². The molecule has 0 spiro atoms. The van der Waals surface area contributed by atoms with Gasteiger partial charge in [0.25, 0.3) is 5.91 Å². The maximum Gasteiger partial charge on any atom is 0.295 e. The molecule has 0 radical (unpaired) electrons. The Labute approximate surface area is 161 Å². The molecule has 0 N–H and O–H groups in total. The molecular weight excluding hydrogens is 359 g/mol. The zero-order chi connectivity index (χ0) is 19.3. The number of fused-ring (bicyclic) bond motifs is 1. The Bertz CT molecular complexity index is 988. The first-order valence-electron chi connectivity index (χ1n) is 9.61. The van der Waals surface area contributed by atoms with Crippen molar-refractivity contribution in [3.05, 3.63) is 71.4 Å². The van der Waals surface area contributed by atoms with E-state index in [4.69, 9.17) is 4.74 Å². The van der Waals surface area contributed by atoms with Crippen LogP contribution in [0.15, 0.2) is 60.0 Å². The highest BCUT2D eigenvalue weighted by Crippen LogP contribution is 2.48. The SMILES string of the molecule is O=C1C2=C(OC3CCCCC13)C(=O)N(c1ccccn1)C2c1ccccc1F. The van der Waals surface area contributed by atoms with Crippen LogP contribution in [0.5, 0.6) is 0 Å². The molecule has 6 heteroatoms. The lowest BCUT2D eigenvalue weighted by atomic mass is 9.77. The molecule has 142 valence electrons. The normalized spacial score (nSPS) is 26.8. The van der Waals surface area contributed by atoms with E-state index >= 15 is 0 Å². The van der Waals surface area contributed by atoms with E-state index in [0.717, 1.165) is 25.7 Å². The smallest absolute Gasteiger partial charge is 0.295 e. The Morgan fingerprint density at radius 1 is 1.04 bits per heavy atom. The minimum absolute atomic E-state index is 0.0621. The Morgan fingerprint density at radius 2 is 1.82 bits per heavy atom. The van der Waals surface area contributed by atoms with Gasteiger partial charge in [0.1, 0.15) is 17.7 Å². The van der Waals surface area contributed by atoms with Gasteiger partial charge in [0.15, 0.2) is 11.5 Å². The molecule has 1 saturated carbocycles. The average Bonchev–Trinajstić information content (AvgIpc) is 3.02. The molecular formula is C22H19FN2O3. The monoisotopic (exact) mass is 378 g/mol. The summed E-state index contributed by atoms with van der Waals surface area (Å²) in [6.07, 6.45) is 4.73. The van der Waals surface area contributed by atoms with Crippen LogP contribution < -0.4 is 4.90 Å². The highest BCUT2D eigenvalue weighted by atomic mass is 19.1. The van der Waals surface area contributed by atoms with Gasteiger partial charge >= 0.3 is 0 Å². The number of hydrogen-bond acceptors (Lipinski definition) is 4. The van der Waals surface area contributed by atoms with E-state index in [1.165, 1.54) is 11.0 Å². The van der Waals surface area contributed by atoms with Crippen LogP contribution in [0, 0.1) is 11.7 Å². The maximum absolute atomic E-state index is 14.7. The zero-order valence-corrected chi connectivity index (χ0v) is 15.2. The van der Waals surface area contributed by atoms with Crippen LogP contribution in [-0.4, -0.2) is 22.8 Å². The number of aromatic nitrogens is 1. The number of carbonyl (C=O) groups excluding carboxylic acids is 2. The van der Waals surface area contributed by atoms with Crippen LogP contribution in [0.4, 0.5) is 10.2 Å². The molecule has 0 saturated heterocycles.